The minimum absolute atomic E-state index is 0.0451. The summed E-state index contributed by atoms with van der Waals surface area (Å²) in [7, 11) is 3.13. The Morgan fingerprint density at radius 2 is 1.82 bits per heavy atom. The van der Waals surface area contributed by atoms with Crippen molar-refractivity contribution >= 4 is 11.9 Å². The van der Waals surface area contributed by atoms with E-state index in [1.54, 1.807) is 14.1 Å². The number of nitrogens with zero attached hydrogens (tertiary/aromatic N) is 1. The fourth-order valence-electron chi connectivity index (χ4n) is 0.376. The van der Waals surface area contributed by atoms with Crippen LogP contribution < -0.4 is 0 Å². The molecule has 0 heterocycles. The monoisotopic (exact) mass is 157 g/mol. The zero-order valence-electron chi connectivity index (χ0n) is 6.79. The van der Waals surface area contributed by atoms with E-state index in [2.05, 4.69) is 0 Å². The van der Waals surface area contributed by atoms with Gasteiger partial charge >= 0.3 is 5.97 Å². The minimum Gasteiger partial charge on any atom is -0.478 e. The van der Waals surface area contributed by atoms with Crippen LogP contribution in [0.5, 0.6) is 0 Å². The van der Waals surface area contributed by atoms with Crippen LogP contribution in [0.15, 0.2) is 11.6 Å². The number of rotatable bonds is 2. The highest BCUT2D eigenvalue weighted by molar-refractivity contribution is 5.96. The summed E-state index contributed by atoms with van der Waals surface area (Å²) < 4.78 is 0. The van der Waals surface area contributed by atoms with Gasteiger partial charge in [0.15, 0.2) is 0 Å². The molecule has 11 heavy (non-hydrogen) atoms. The van der Waals surface area contributed by atoms with Crippen LogP contribution in [0, 0.1) is 0 Å². The Morgan fingerprint density at radius 1 is 1.36 bits per heavy atom. The maximum Gasteiger partial charge on any atom is 0.331 e. The van der Waals surface area contributed by atoms with Gasteiger partial charge in [0, 0.05) is 25.7 Å². The molecule has 0 fully saturated rings. The van der Waals surface area contributed by atoms with Crippen LogP contribution in [0.4, 0.5) is 0 Å². The zero-order valence-corrected chi connectivity index (χ0v) is 6.79. The van der Waals surface area contributed by atoms with E-state index in [1.807, 2.05) is 0 Å². The van der Waals surface area contributed by atoms with E-state index in [-0.39, 0.29) is 11.5 Å². The van der Waals surface area contributed by atoms with Crippen LogP contribution >= 0.6 is 0 Å². The van der Waals surface area contributed by atoms with Gasteiger partial charge in [0.05, 0.1) is 0 Å². The molecule has 0 rings (SSSR count). The lowest BCUT2D eigenvalue weighted by molar-refractivity contribution is -0.133. The standard InChI is InChI=1S/C7H11NO3/c1-5(7(10)11)4-6(9)8(2)3/h4H,1-3H3,(H,10,11)/b5-4-. The van der Waals surface area contributed by atoms with E-state index >= 15 is 0 Å². The molecule has 0 saturated heterocycles. The molecular formula is C7H11NO3. The summed E-state index contributed by atoms with van der Waals surface area (Å²) in [5.74, 6) is -1.38. The van der Waals surface area contributed by atoms with Crippen molar-refractivity contribution < 1.29 is 14.7 Å². The predicted octanol–water partition coefficient (Wildman–Crippen LogP) is 0.106. The normalized spacial score (nSPS) is 11.0. The van der Waals surface area contributed by atoms with Crippen LogP contribution in [0.3, 0.4) is 0 Å². The third kappa shape index (κ3) is 3.40. The van der Waals surface area contributed by atoms with Crippen molar-refractivity contribution in [1.82, 2.24) is 4.90 Å². The predicted molar refractivity (Wildman–Crippen MR) is 40.1 cm³/mol. The van der Waals surface area contributed by atoms with Crippen molar-refractivity contribution in [3.63, 3.8) is 0 Å². The molecule has 0 saturated carbocycles. The summed E-state index contributed by atoms with van der Waals surface area (Å²) in [6.45, 7) is 1.38. The van der Waals surface area contributed by atoms with Crippen molar-refractivity contribution in [2.45, 2.75) is 6.92 Å². The second kappa shape index (κ2) is 3.75. The number of hydrogen-bond donors (Lipinski definition) is 1. The first-order valence-corrected chi connectivity index (χ1v) is 3.08. The van der Waals surface area contributed by atoms with Gasteiger partial charge in [0.2, 0.25) is 5.91 Å². The molecule has 0 bridgehead atoms. The average molecular weight is 157 g/mol. The summed E-state index contributed by atoms with van der Waals surface area (Å²) in [5.41, 5.74) is 0.0451. The highest BCUT2D eigenvalue weighted by Crippen LogP contribution is 1.93. The molecule has 4 heteroatoms. The summed E-state index contributed by atoms with van der Waals surface area (Å²) in [6, 6.07) is 0. The molecule has 0 aliphatic heterocycles. The zero-order chi connectivity index (χ0) is 9.02. The Balaban J connectivity index is 4.32. The van der Waals surface area contributed by atoms with Crippen LogP contribution in [0.2, 0.25) is 0 Å². The molecule has 1 amide bonds. The lowest BCUT2D eigenvalue weighted by Crippen LogP contribution is -2.20. The molecule has 0 spiro atoms. The second-order valence-corrected chi connectivity index (χ2v) is 2.37. The van der Waals surface area contributed by atoms with Crippen molar-refractivity contribution in [2.75, 3.05) is 14.1 Å². The fraction of sp³-hybridized carbons (Fsp3) is 0.429. The SMILES string of the molecule is C/C(=C/C(=O)N(C)C)C(=O)O. The summed E-state index contributed by atoms with van der Waals surface area (Å²) in [4.78, 5) is 22.4. The van der Waals surface area contributed by atoms with Crippen molar-refractivity contribution in [2.24, 2.45) is 0 Å². The van der Waals surface area contributed by atoms with Gasteiger partial charge in [-0.25, -0.2) is 4.79 Å². The van der Waals surface area contributed by atoms with Gasteiger partial charge < -0.3 is 10.0 Å². The average Bonchev–Trinajstić information content (AvgIpc) is 1.87. The van der Waals surface area contributed by atoms with Crippen LogP contribution in [-0.2, 0) is 9.59 Å². The first-order chi connectivity index (χ1) is 4.95. The Morgan fingerprint density at radius 3 is 2.09 bits per heavy atom. The van der Waals surface area contributed by atoms with Gasteiger partial charge in [-0.3, -0.25) is 4.79 Å². The molecular weight excluding hydrogens is 146 g/mol. The number of carboxylic acid groups (broad SMARTS) is 1. The lowest BCUT2D eigenvalue weighted by atomic mass is 10.3. The van der Waals surface area contributed by atoms with Crippen molar-refractivity contribution in [3.05, 3.63) is 11.6 Å². The van der Waals surface area contributed by atoms with Crippen molar-refractivity contribution in [3.8, 4) is 0 Å². The Hall–Kier alpha value is -1.32. The third-order valence-corrected chi connectivity index (χ3v) is 1.12. The molecule has 0 aliphatic carbocycles. The molecule has 0 atom stereocenters. The number of amides is 1. The minimum atomic E-state index is -1.07. The van der Waals surface area contributed by atoms with Crippen molar-refractivity contribution in [1.29, 1.82) is 0 Å². The second-order valence-electron chi connectivity index (χ2n) is 2.37. The number of carboxylic acids is 1. The van der Waals surface area contributed by atoms with Gasteiger partial charge in [-0.15, -0.1) is 0 Å². The van der Waals surface area contributed by atoms with E-state index in [9.17, 15) is 9.59 Å². The molecule has 0 unspecified atom stereocenters. The number of carbonyl (C=O) groups excluding carboxylic acids is 1. The number of aliphatic carboxylic acids is 1. The van der Waals surface area contributed by atoms with E-state index in [4.69, 9.17) is 5.11 Å². The first-order valence-electron chi connectivity index (χ1n) is 3.08. The highest BCUT2D eigenvalue weighted by Gasteiger charge is 2.04. The van der Waals surface area contributed by atoms with E-state index in [0.717, 1.165) is 6.08 Å². The topological polar surface area (TPSA) is 57.6 Å². The Labute approximate surface area is 65.1 Å². The molecule has 0 aromatic carbocycles. The highest BCUT2D eigenvalue weighted by atomic mass is 16.4. The molecule has 0 radical (unpaired) electrons. The summed E-state index contributed by atoms with van der Waals surface area (Å²) in [5, 5.41) is 8.37. The number of hydrogen-bond acceptors (Lipinski definition) is 2. The van der Waals surface area contributed by atoms with Gasteiger partial charge in [-0.2, -0.15) is 0 Å². The smallest absolute Gasteiger partial charge is 0.331 e. The maximum absolute atomic E-state index is 10.8. The Kier molecular flexibility index (Phi) is 3.30. The lowest BCUT2D eigenvalue weighted by Gasteiger charge is -2.05. The Bertz CT molecular complexity index is 206. The number of carbonyl (C=O) groups is 2. The molecule has 0 aromatic rings. The van der Waals surface area contributed by atoms with E-state index in [0.29, 0.717) is 0 Å². The molecule has 4 nitrogen and oxygen atoms in total. The quantitative estimate of drug-likeness (QED) is 0.578. The molecule has 62 valence electrons. The summed E-state index contributed by atoms with van der Waals surface area (Å²) >= 11 is 0. The van der Waals surface area contributed by atoms with Gasteiger partial charge in [-0.1, -0.05) is 0 Å². The van der Waals surface area contributed by atoms with Crippen LogP contribution in [0.1, 0.15) is 6.92 Å². The van der Waals surface area contributed by atoms with E-state index < -0.39 is 5.97 Å². The maximum atomic E-state index is 10.8. The van der Waals surface area contributed by atoms with Gasteiger partial charge in [-0.05, 0) is 6.92 Å². The third-order valence-electron chi connectivity index (χ3n) is 1.12. The first kappa shape index (κ1) is 9.68. The summed E-state index contributed by atoms with van der Waals surface area (Å²) in [6.07, 6.45) is 1.09. The van der Waals surface area contributed by atoms with E-state index in [1.165, 1.54) is 11.8 Å². The number of likely N-dealkylation sites (N-methyl/N-ethyl adjacent to an activating group) is 1. The molecule has 1 N–H and O–H groups in total. The van der Waals surface area contributed by atoms with Crippen LogP contribution in [-0.4, -0.2) is 36.0 Å². The van der Waals surface area contributed by atoms with Gasteiger partial charge in [0.25, 0.3) is 0 Å². The van der Waals surface area contributed by atoms with Gasteiger partial charge in [0.1, 0.15) is 0 Å². The van der Waals surface area contributed by atoms with Crippen LogP contribution in [0.25, 0.3) is 0 Å². The molecule has 0 aliphatic rings. The largest absolute Gasteiger partial charge is 0.478 e. The molecule has 0 aromatic heterocycles. The fourth-order valence-corrected chi connectivity index (χ4v) is 0.376.